The zero-order valence-electron chi connectivity index (χ0n) is 10.8. The van der Waals surface area contributed by atoms with Crippen molar-refractivity contribution in [1.29, 1.82) is 0 Å². The Morgan fingerprint density at radius 2 is 2.21 bits per heavy atom. The maximum absolute atomic E-state index is 12.2. The van der Waals surface area contributed by atoms with Crippen molar-refractivity contribution >= 4 is 22.7 Å². The Labute approximate surface area is 109 Å². The third-order valence-corrected chi connectivity index (χ3v) is 2.82. The molecule has 0 unspecified atom stereocenters. The van der Waals surface area contributed by atoms with Gasteiger partial charge < -0.3 is 10.8 Å². The zero-order valence-corrected chi connectivity index (χ0v) is 10.8. The molecular formula is C13H15N3O3. The van der Waals surface area contributed by atoms with E-state index in [2.05, 4.69) is 4.98 Å². The van der Waals surface area contributed by atoms with Gasteiger partial charge in [-0.2, -0.15) is 0 Å². The minimum Gasteiger partial charge on any atom is -0.477 e. The lowest BCUT2D eigenvalue weighted by Gasteiger charge is -2.14. The van der Waals surface area contributed by atoms with Crippen molar-refractivity contribution in [2.45, 2.75) is 20.4 Å². The first-order valence-electron chi connectivity index (χ1n) is 5.93. The van der Waals surface area contributed by atoms with E-state index in [1.165, 1.54) is 4.57 Å². The summed E-state index contributed by atoms with van der Waals surface area (Å²) in [6, 6.07) is 3.33. The minimum atomic E-state index is -1.31. The number of carbonyl (C=O) groups is 1. The average Bonchev–Trinajstić information content (AvgIpc) is 2.34. The summed E-state index contributed by atoms with van der Waals surface area (Å²) in [4.78, 5) is 27.6. The molecule has 0 atom stereocenters. The molecule has 0 fully saturated rings. The number of aromatic carboxylic acids is 1. The number of nitrogen functional groups attached to an aromatic ring is 1. The summed E-state index contributed by atoms with van der Waals surface area (Å²) in [7, 11) is 0. The van der Waals surface area contributed by atoms with E-state index in [0.29, 0.717) is 17.6 Å². The average molecular weight is 261 g/mol. The number of anilines is 1. The van der Waals surface area contributed by atoms with Crippen LogP contribution in [0.2, 0.25) is 0 Å². The van der Waals surface area contributed by atoms with Gasteiger partial charge in [0.1, 0.15) is 11.2 Å². The molecule has 0 aliphatic rings. The Morgan fingerprint density at radius 1 is 1.53 bits per heavy atom. The van der Waals surface area contributed by atoms with Gasteiger partial charge in [-0.05, 0) is 18.1 Å². The van der Waals surface area contributed by atoms with Crippen molar-refractivity contribution < 1.29 is 9.90 Å². The quantitative estimate of drug-likeness (QED) is 0.868. The summed E-state index contributed by atoms with van der Waals surface area (Å²) < 4.78 is 1.37. The lowest BCUT2D eigenvalue weighted by atomic mass is 10.1. The molecule has 0 bridgehead atoms. The molecular weight excluding hydrogens is 246 g/mol. The predicted octanol–water partition coefficient (Wildman–Crippen LogP) is 1.33. The molecule has 6 heteroatoms. The van der Waals surface area contributed by atoms with Crippen LogP contribution in [0.25, 0.3) is 11.0 Å². The van der Waals surface area contributed by atoms with Gasteiger partial charge in [0.15, 0.2) is 0 Å². The van der Waals surface area contributed by atoms with E-state index in [0.717, 1.165) is 0 Å². The van der Waals surface area contributed by atoms with Gasteiger partial charge in [0.25, 0.3) is 5.56 Å². The molecule has 2 heterocycles. The third-order valence-electron chi connectivity index (χ3n) is 2.82. The van der Waals surface area contributed by atoms with Gasteiger partial charge in [-0.1, -0.05) is 13.8 Å². The second-order valence-corrected chi connectivity index (χ2v) is 4.78. The van der Waals surface area contributed by atoms with E-state index in [9.17, 15) is 9.59 Å². The standard InChI is InChI=1S/C13H15N3O3/c1-7(2)6-16-11-8(4-3-5-15-11)10(14)9(12(16)17)13(18)19/h3-5,7H,6,14H2,1-2H3,(H,18,19). The number of carboxylic acid groups (broad SMARTS) is 1. The number of hydrogen-bond donors (Lipinski definition) is 2. The van der Waals surface area contributed by atoms with Crippen LogP contribution in [0.3, 0.4) is 0 Å². The number of carboxylic acids is 1. The van der Waals surface area contributed by atoms with Crippen LogP contribution < -0.4 is 11.3 Å². The lowest BCUT2D eigenvalue weighted by molar-refractivity contribution is 0.0695. The van der Waals surface area contributed by atoms with Crippen molar-refractivity contribution in [2.24, 2.45) is 5.92 Å². The van der Waals surface area contributed by atoms with Gasteiger partial charge in [0, 0.05) is 18.1 Å². The second-order valence-electron chi connectivity index (χ2n) is 4.78. The summed E-state index contributed by atoms with van der Waals surface area (Å²) in [6.45, 7) is 4.28. The Bertz CT molecular complexity index is 704. The zero-order chi connectivity index (χ0) is 14.2. The molecule has 2 aromatic heterocycles. The summed E-state index contributed by atoms with van der Waals surface area (Å²) in [5.41, 5.74) is 5.18. The molecule has 2 rings (SSSR count). The summed E-state index contributed by atoms with van der Waals surface area (Å²) in [6.07, 6.45) is 1.55. The predicted molar refractivity (Wildman–Crippen MR) is 72.2 cm³/mol. The molecule has 0 spiro atoms. The number of pyridine rings is 2. The molecule has 0 aliphatic heterocycles. The van der Waals surface area contributed by atoms with Crippen LogP contribution in [0.4, 0.5) is 5.69 Å². The van der Waals surface area contributed by atoms with E-state index < -0.39 is 11.5 Å². The molecule has 0 aromatic carbocycles. The van der Waals surface area contributed by atoms with Gasteiger partial charge in [0.2, 0.25) is 0 Å². The van der Waals surface area contributed by atoms with Gasteiger partial charge in [-0.15, -0.1) is 0 Å². The highest BCUT2D eigenvalue weighted by Crippen LogP contribution is 2.21. The number of nitrogens with two attached hydrogens (primary N) is 1. The van der Waals surface area contributed by atoms with Crippen LogP contribution in [0.5, 0.6) is 0 Å². The van der Waals surface area contributed by atoms with Crippen LogP contribution in [-0.4, -0.2) is 20.6 Å². The van der Waals surface area contributed by atoms with E-state index in [4.69, 9.17) is 10.8 Å². The number of aromatic nitrogens is 2. The highest BCUT2D eigenvalue weighted by Gasteiger charge is 2.20. The van der Waals surface area contributed by atoms with Crippen LogP contribution >= 0.6 is 0 Å². The smallest absolute Gasteiger partial charge is 0.343 e. The number of nitrogens with zero attached hydrogens (tertiary/aromatic N) is 2. The molecule has 2 aromatic rings. The van der Waals surface area contributed by atoms with Crippen molar-refractivity contribution in [3.63, 3.8) is 0 Å². The van der Waals surface area contributed by atoms with Crippen molar-refractivity contribution in [3.8, 4) is 0 Å². The van der Waals surface area contributed by atoms with E-state index in [1.807, 2.05) is 13.8 Å². The molecule has 100 valence electrons. The fourth-order valence-electron chi connectivity index (χ4n) is 2.04. The first-order chi connectivity index (χ1) is 8.93. The van der Waals surface area contributed by atoms with Gasteiger partial charge >= 0.3 is 5.97 Å². The highest BCUT2D eigenvalue weighted by atomic mass is 16.4. The molecule has 0 amide bonds. The maximum Gasteiger partial charge on any atom is 0.343 e. The SMILES string of the molecule is CC(C)Cn1c(=O)c(C(=O)O)c(N)c2cccnc21. The van der Waals surface area contributed by atoms with Crippen molar-refractivity contribution in [1.82, 2.24) is 9.55 Å². The molecule has 19 heavy (non-hydrogen) atoms. The van der Waals surface area contributed by atoms with Crippen LogP contribution in [0.1, 0.15) is 24.2 Å². The molecule has 0 radical (unpaired) electrons. The van der Waals surface area contributed by atoms with Gasteiger partial charge in [0.05, 0.1) is 5.69 Å². The highest BCUT2D eigenvalue weighted by molar-refractivity contribution is 6.02. The van der Waals surface area contributed by atoms with E-state index in [1.54, 1.807) is 18.3 Å². The summed E-state index contributed by atoms with van der Waals surface area (Å²) >= 11 is 0. The van der Waals surface area contributed by atoms with Gasteiger partial charge in [-0.25, -0.2) is 9.78 Å². The number of rotatable bonds is 3. The van der Waals surface area contributed by atoms with Crippen molar-refractivity contribution in [2.75, 3.05) is 5.73 Å². The monoisotopic (exact) mass is 261 g/mol. The lowest BCUT2D eigenvalue weighted by Crippen LogP contribution is -2.30. The van der Waals surface area contributed by atoms with Crippen molar-refractivity contribution in [3.05, 3.63) is 34.2 Å². The Hall–Kier alpha value is -2.37. The number of hydrogen-bond acceptors (Lipinski definition) is 4. The van der Waals surface area contributed by atoms with Gasteiger partial charge in [-0.3, -0.25) is 9.36 Å². The Kier molecular flexibility index (Phi) is 3.25. The topological polar surface area (TPSA) is 98.2 Å². The van der Waals surface area contributed by atoms with Crippen LogP contribution in [0, 0.1) is 5.92 Å². The maximum atomic E-state index is 12.2. The van der Waals surface area contributed by atoms with Crippen LogP contribution in [0.15, 0.2) is 23.1 Å². The Balaban J connectivity index is 2.92. The first kappa shape index (κ1) is 13.1. The fraction of sp³-hybridized carbons (Fsp3) is 0.308. The van der Waals surface area contributed by atoms with E-state index >= 15 is 0 Å². The molecule has 0 saturated heterocycles. The first-order valence-corrected chi connectivity index (χ1v) is 5.93. The largest absolute Gasteiger partial charge is 0.477 e. The summed E-state index contributed by atoms with van der Waals surface area (Å²) in [5.74, 6) is -1.13. The fourth-order valence-corrected chi connectivity index (χ4v) is 2.04. The minimum absolute atomic E-state index is 0.0272. The normalized spacial score (nSPS) is 11.1. The van der Waals surface area contributed by atoms with E-state index in [-0.39, 0.29) is 17.2 Å². The molecule has 0 saturated carbocycles. The Morgan fingerprint density at radius 3 is 2.79 bits per heavy atom. The molecule has 3 N–H and O–H groups in total. The second kappa shape index (κ2) is 4.72. The summed E-state index contributed by atoms with van der Waals surface area (Å²) in [5, 5.41) is 9.64. The molecule has 6 nitrogen and oxygen atoms in total. The molecule has 0 aliphatic carbocycles. The van der Waals surface area contributed by atoms with Crippen LogP contribution in [-0.2, 0) is 6.54 Å². The third kappa shape index (κ3) is 2.16. The number of fused-ring (bicyclic) bond motifs is 1.